The Kier molecular flexibility index (Phi) is 8.29. The first-order valence-electron chi connectivity index (χ1n) is 6.74. The molecule has 0 spiro atoms. The molecule has 0 aromatic heterocycles. The average molecular weight is 317 g/mol. The molecule has 0 fully saturated rings. The lowest BCUT2D eigenvalue weighted by Gasteiger charge is -2.08. The van der Waals surface area contributed by atoms with Crippen LogP contribution in [0, 0.1) is 0 Å². The van der Waals surface area contributed by atoms with E-state index in [0.717, 1.165) is 11.3 Å². The van der Waals surface area contributed by atoms with Gasteiger partial charge in [0.15, 0.2) is 0 Å². The van der Waals surface area contributed by atoms with Crippen LogP contribution in [0.25, 0.3) is 0 Å². The van der Waals surface area contributed by atoms with Gasteiger partial charge in [-0.15, -0.1) is 0 Å². The Morgan fingerprint density at radius 3 is 2.38 bits per heavy atom. The molecule has 0 atom stereocenters. The van der Waals surface area contributed by atoms with Gasteiger partial charge in [-0.1, -0.05) is 12.1 Å². The highest BCUT2D eigenvalue weighted by atomic mass is 32.2. The summed E-state index contributed by atoms with van der Waals surface area (Å²) in [7, 11) is -0.113. The van der Waals surface area contributed by atoms with Gasteiger partial charge < -0.3 is 14.2 Å². The van der Waals surface area contributed by atoms with Crippen molar-refractivity contribution in [3.05, 3.63) is 29.8 Å². The van der Waals surface area contributed by atoms with Gasteiger partial charge in [0, 0.05) is 13.7 Å². The maximum atomic E-state index is 11.7. The van der Waals surface area contributed by atoms with E-state index in [9.17, 15) is 8.42 Å². The van der Waals surface area contributed by atoms with Crippen molar-refractivity contribution in [3.8, 4) is 5.75 Å². The maximum absolute atomic E-state index is 11.7. The van der Waals surface area contributed by atoms with Crippen LogP contribution in [0.1, 0.15) is 5.56 Å². The Hall–Kier alpha value is -1.15. The molecule has 0 amide bonds. The summed E-state index contributed by atoms with van der Waals surface area (Å²) in [4.78, 5) is 0. The zero-order valence-corrected chi connectivity index (χ0v) is 13.3. The van der Waals surface area contributed by atoms with Gasteiger partial charge in [-0.3, -0.25) is 0 Å². The highest BCUT2D eigenvalue weighted by molar-refractivity contribution is 7.89. The second-order valence-electron chi connectivity index (χ2n) is 4.42. The normalized spacial score (nSPS) is 11.5. The predicted octanol–water partition coefficient (Wildman–Crippen LogP) is 0.820. The molecule has 0 bridgehead atoms. The zero-order chi connectivity index (χ0) is 15.6. The van der Waals surface area contributed by atoms with Gasteiger partial charge in [-0.25, -0.2) is 13.1 Å². The number of rotatable bonds is 11. The van der Waals surface area contributed by atoms with Crippen LogP contribution < -0.4 is 9.46 Å². The summed E-state index contributed by atoms with van der Waals surface area (Å²) >= 11 is 0. The molecule has 0 radical (unpaired) electrons. The second-order valence-corrected chi connectivity index (χ2v) is 6.34. The van der Waals surface area contributed by atoms with Crippen LogP contribution in [0.5, 0.6) is 5.75 Å². The standard InChI is InChI=1S/C14H23NO5S/c1-18-9-10-20-11-12-21(16,17)15-8-7-13-3-5-14(19-2)6-4-13/h3-6,15H,7-12H2,1-2H3. The van der Waals surface area contributed by atoms with Crippen LogP contribution in [0.3, 0.4) is 0 Å². The van der Waals surface area contributed by atoms with Crippen LogP contribution in [0.2, 0.25) is 0 Å². The first-order chi connectivity index (χ1) is 10.1. The molecule has 7 heteroatoms. The van der Waals surface area contributed by atoms with Crippen molar-refractivity contribution < 1.29 is 22.6 Å². The molecule has 1 rings (SSSR count). The molecule has 0 aliphatic heterocycles. The topological polar surface area (TPSA) is 73.9 Å². The first-order valence-corrected chi connectivity index (χ1v) is 8.39. The summed E-state index contributed by atoms with van der Waals surface area (Å²) in [5, 5.41) is 0. The third kappa shape index (κ3) is 8.01. The Morgan fingerprint density at radius 2 is 1.76 bits per heavy atom. The summed E-state index contributed by atoms with van der Waals surface area (Å²) < 4.78 is 41.0. The summed E-state index contributed by atoms with van der Waals surface area (Å²) in [6.07, 6.45) is 0.633. The minimum atomic E-state index is -3.29. The molecule has 0 saturated heterocycles. The number of sulfonamides is 1. The number of methoxy groups -OCH3 is 2. The summed E-state index contributed by atoms with van der Waals surface area (Å²) in [5.41, 5.74) is 1.05. The van der Waals surface area contributed by atoms with Crippen LogP contribution in [0.4, 0.5) is 0 Å². The Labute approximate surface area is 126 Å². The fraction of sp³-hybridized carbons (Fsp3) is 0.571. The second kappa shape index (κ2) is 9.73. The molecule has 1 aromatic rings. The molecule has 0 unspecified atom stereocenters. The van der Waals surface area contributed by atoms with Crippen molar-refractivity contribution in [1.82, 2.24) is 4.72 Å². The van der Waals surface area contributed by atoms with E-state index in [0.29, 0.717) is 26.2 Å². The van der Waals surface area contributed by atoms with Crippen molar-refractivity contribution in [3.63, 3.8) is 0 Å². The Morgan fingerprint density at radius 1 is 1.05 bits per heavy atom. The van der Waals surface area contributed by atoms with Crippen molar-refractivity contribution in [2.45, 2.75) is 6.42 Å². The number of hydrogen-bond acceptors (Lipinski definition) is 5. The number of ether oxygens (including phenoxy) is 3. The van der Waals surface area contributed by atoms with E-state index in [4.69, 9.17) is 14.2 Å². The molecule has 0 aliphatic rings. The third-order valence-corrected chi connectivity index (χ3v) is 4.17. The molecule has 0 heterocycles. The van der Waals surface area contributed by atoms with E-state index in [1.54, 1.807) is 14.2 Å². The predicted molar refractivity (Wildman–Crippen MR) is 81.2 cm³/mol. The van der Waals surface area contributed by atoms with Crippen LogP contribution in [-0.2, 0) is 25.9 Å². The van der Waals surface area contributed by atoms with Crippen molar-refractivity contribution >= 4 is 10.0 Å². The van der Waals surface area contributed by atoms with E-state index < -0.39 is 10.0 Å². The smallest absolute Gasteiger partial charge is 0.213 e. The first kappa shape index (κ1) is 17.9. The van der Waals surface area contributed by atoms with E-state index >= 15 is 0 Å². The lowest BCUT2D eigenvalue weighted by atomic mass is 10.1. The van der Waals surface area contributed by atoms with Crippen molar-refractivity contribution in [2.24, 2.45) is 0 Å². The van der Waals surface area contributed by atoms with Crippen LogP contribution in [-0.4, -0.2) is 54.8 Å². The highest BCUT2D eigenvalue weighted by Crippen LogP contribution is 2.11. The number of hydrogen-bond donors (Lipinski definition) is 1. The minimum Gasteiger partial charge on any atom is -0.497 e. The van der Waals surface area contributed by atoms with Gasteiger partial charge in [-0.2, -0.15) is 0 Å². The Balaban J connectivity index is 2.23. The van der Waals surface area contributed by atoms with E-state index in [1.165, 1.54) is 0 Å². The highest BCUT2D eigenvalue weighted by Gasteiger charge is 2.09. The fourth-order valence-corrected chi connectivity index (χ4v) is 2.52. The Bertz CT molecular complexity index is 487. The number of nitrogens with one attached hydrogen (secondary N) is 1. The average Bonchev–Trinajstić information content (AvgIpc) is 2.47. The SMILES string of the molecule is COCCOCCS(=O)(=O)NCCc1ccc(OC)cc1. The molecule has 6 nitrogen and oxygen atoms in total. The summed E-state index contributed by atoms with van der Waals surface area (Å²) in [6, 6.07) is 7.54. The van der Waals surface area contributed by atoms with E-state index in [2.05, 4.69) is 4.72 Å². The van der Waals surface area contributed by atoms with Gasteiger partial charge in [0.2, 0.25) is 10.0 Å². The molecule has 0 aliphatic carbocycles. The van der Waals surface area contributed by atoms with Crippen molar-refractivity contribution in [1.29, 1.82) is 0 Å². The molecule has 21 heavy (non-hydrogen) atoms. The number of benzene rings is 1. The largest absolute Gasteiger partial charge is 0.497 e. The van der Waals surface area contributed by atoms with Gasteiger partial charge in [-0.05, 0) is 24.1 Å². The van der Waals surface area contributed by atoms with Gasteiger partial charge in [0.1, 0.15) is 5.75 Å². The lowest BCUT2D eigenvalue weighted by molar-refractivity contribution is 0.0784. The quantitative estimate of drug-likeness (QED) is 0.612. The summed E-state index contributed by atoms with van der Waals surface area (Å²) in [6.45, 7) is 1.40. The van der Waals surface area contributed by atoms with Gasteiger partial charge in [0.05, 0.1) is 32.7 Å². The fourth-order valence-electron chi connectivity index (χ4n) is 1.63. The van der Waals surface area contributed by atoms with Crippen molar-refractivity contribution in [2.75, 3.05) is 46.3 Å². The monoisotopic (exact) mass is 317 g/mol. The molecule has 1 aromatic carbocycles. The lowest BCUT2D eigenvalue weighted by Crippen LogP contribution is -2.30. The molecule has 0 saturated carbocycles. The van der Waals surface area contributed by atoms with Crippen LogP contribution in [0.15, 0.2) is 24.3 Å². The van der Waals surface area contributed by atoms with Gasteiger partial charge in [0.25, 0.3) is 0 Å². The maximum Gasteiger partial charge on any atom is 0.213 e. The molecule has 120 valence electrons. The molecular formula is C14H23NO5S. The third-order valence-electron chi connectivity index (χ3n) is 2.82. The summed E-state index contributed by atoms with van der Waals surface area (Å²) in [5.74, 6) is 0.742. The van der Waals surface area contributed by atoms with Crippen LogP contribution >= 0.6 is 0 Å². The minimum absolute atomic E-state index is 0.0423. The molecule has 1 N–H and O–H groups in total. The van der Waals surface area contributed by atoms with E-state index in [1.807, 2.05) is 24.3 Å². The molecular weight excluding hydrogens is 294 g/mol. The zero-order valence-electron chi connectivity index (χ0n) is 12.5. The van der Waals surface area contributed by atoms with E-state index in [-0.39, 0.29) is 12.4 Å². The van der Waals surface area contributed by atoms with Gasteiger partial charge >= 0.3 is 0 Å².